The molecule has 18 heavy (non-hydrogen) atoms. The molecule has 1 rings (SSSR count). The third kappa shape index (κ3) is 4.88. The first-order valence-electron chi connectivity index (χ1n) is 4.57. The van der Waals surface area contributed by atoms with E-state index in [2.05, 4.69) is 0 Å². The maximum Gasteiger partial charge on any atom is 0.343 e. The van der Waals surface area contributed by atoms with Gasteiger partial charge in [-0.3, -0.25) is 0 Å². The Morgan fingerprint density at radius 1 is 0.667 bits per heavy atom. The molecule has 14 heteroatoms. The van der Waals surface area contributed by atoms with E-state index in [1.807, 2.05) is 0 Å². The molecule has 2 unspecified atom stereocenters. The van der Waals surface area contributed by atoms with Gasteiger partial charge in [-0.1, -0.05) is 0 Å². The molecular weight excluding hydrogens is 515 g/mol. The van der Waals surface area contributed by atoms with Crippen LogP contribution in [0.25, 0.3) is 0 Å². The highest BCUT2D eigenvalue weighted by Gasteiger charge is 2.67. The largest absolute Gasteiger partial charge is 0.343 e. The summed E-state index contributed by atoms with van der Waals surface area (Å²) in [6, 6.07) is -5.65. The Kier molecular flexibility index (Phi) is 6.98. The van der Waals surface area contributed by atoms with Gasteiger partial charge >= 0.3 is 12.0 Å². The molecule has 0 saturated carbocycles. The summed E-state index contributed by atoms with van der Waals surface area (Å²) in [5.41, 5.74) is 0. The highest BCUT2D eigenvalue weighted by molar-refractivity contribution is 7.75. The average Bonchev–Trinajstić information content (AvgIpc) is 2.05. The lowest BCUT2D eigenvalue weighted by atomic mass is 10.9. The van der Waals surface area contributed by atoms with Gasteiger partial charge in [-0.05, 0) is 12.1 Å². The van der Waals surface area contributed by atoms with Crippen LogP contribution in [0.4, 0.5) is 0 Å². The van der Waals surface area contributed by atoms with Crippen LogP contribution in [0.15, 0.2) is 0 Å². The predicted octanol–water partition coefficient (Wildman–Crippen LogP) is 6.97. The number of rotatable bonds is 2. The van der Waals surface area contributed by atoms with E-state index < -0.39 is 35.7 Å². The molecule has 0 N–H and O–H groups in total. The molecule has 0 nitrogen and oxygen atoms in total. The zero-order valence-electron chi connectivity index (χ0n) is 8.35. The number of halogens is 10. The highest BCUT2D eigenvalue weighted by Crippen LogP contribution is 2.64. The van der Waals surface area contributed by atoms with Crippen molar-refractivity contribution in [2.24, 2.45) is 0 Å². The molecule has 1 aliphatic heterocycles. The second-order valence-corrected chi connectivity index (χ2v) is 37.6. The van der Waals surface area contributed by atoms with Crippen molar-refractivity contribution in [3.8, 4) is 0 Å². The van der Waals surface area contributed by atoms with Crippen LogP contribution in [0.1, 0.15) is 0 Å². The Labute approximate surface area is 156 Å². The van der Waals surface area contributed by atoms with E-state index in [0.717, 1.165) is 0 Å². The van der Waals surface area contributed by atoms with Gasteiger partial charge in [0.1, 0.15) is 0 Å². The molecule has 1 saturated heterocycles. The van der Waals surface area contributed by atoms with Gasteiger partial charge < -0.3 is 0 Å². The quantitative estimate of drug-likeness (QED) is 0.272. The highest BCUT2D eigenvalue weighted by atomic mass is 35.8. The minimum atomic E-state index is -3.17. The van der Waals surface area contributed by atoms with Crippen molar-refractivity contribution in [1.82, 2.24) is 0 Å². The molecule has 108 valence electrons. The third-order valence-electron chi connectivity index (χ3n) is 2.72. The molecule has 0 amide bonds. The summed E-state index contributed by atoms with van der Waals surface area (Å²) in [7, 11) is 0. The second kappa shape index (κ2) is 6.34. The molecule has 0 radical (unpaired) electrons. The van der Waals surface area contributed by atoms with E-state index in [-0.39, 0.29) is 0 Å². The van der Waals surface area contributed by atoms with E-state index in [1.54, 1.807) is 0 Å². The predicted molar refractivity (Wildman–Crippen MR) is 98.7 cm³/mol. The minimum absolute atomic E-state index is 0.351. The molecule has 0 aliphatic carbocycles. The minimum Gasteiger partial charge on any atom is -0.146 e. The van der Waals surface area contributed by atoms with Gasteiger partial charge in [-0.25, -0.2) is 0 Å². The van der Waals surface area contributed by atoms with Crippen molar-refractivity contribution in [2.75, 3.05) is 0 Å². The van der Waals surface area contributed by atoms with Crippen molar-refractivity contribution in [3.05, 3.63) is 0 Å². The maximum absolute atomic E-state index is 6.47. The lowest BCUT2D eigenvalue weighted by Gasteiger charge is -2.46. The summed E-state index contributed by atoms with van der Waals surface area (Å²) in [5.74, 6) is 0. The molecule has 1 heterocycles. The van der Waals surface area contributed by atoms with Crippen molar-refractivity contribution >= 4 is 136 Å². The van der Waals surface area contributed by atoms with E-state index in [1.165, 1.54) is 0 Å². The fraction of sp³-hybridized carbons (Fsp3) is 1.00. The topological polar surface area (TPSA) is 0 Å². The fourth-order valence-corrected chi connectivity index (χ4v) is 50.2. The summed E-state index contributed by atoms with van der Waals surface area (Å²) in [6.45, 7) is -5.72. The lowest BCUT2D eigenvalue weighted by molar-refractivity contribution is 1.09. The molecule has 0 aromatic carbocycles. The standard InChI is InChI=1S/C4H6Cl10Si4/c5-15(6)1-3(17(9,10)11)16(7,8)4(2-15)18(12,13)14/h3-4H,1-2H2. The van der Waals surface area contributed by atoms with Gasteiger partial charge in [0.25, 0.3) is 13.4 Å². The van der Waals surface area contributed by atoms with Crippen LogP contribution in [0, 0.1) is 0 Å². The average molecular weight is 521 g/mol. The van der Waals surface area contributed by atoms with Gasteiger partial charge in [0.2, 0.25) is 0 Å². The molecule has 1 aliphatic rings. The Hall–Kier alpha value is 3.77. The zero-order valence-corrected chi connectivity index (χ0v) is 19.9. The van der Waals surface area contributed by atoms with E-state index in [4.69, 9.17) is 111 Å². The monoisotopic (exact) mass is 516 g/mol. The van der Waals surface area contributed by atoms with Crippen LogP contribution in [-0.2, 0) is 0 Å². The van der Waals surface area contributed by atoms with Crippen LogP contribution in [0.5, 0.6) is 0 Å². The van der Waals surface area contributed by atoms with Crippen molar-refractivity contribution < 1.29 is 0 Å². The first-order valence-corrected chi connectivity index (χ1v) is 23.4. The number of hydrogen-bond donors (Lipinski definition) is 0. The molecule has 0 bridgehead atoms. The molecule has 0 spiro atoms. The summed E-state index contributed by atoms with van der Waals surface area (Å²) in [4.78, 5) is 0. The fourth-order valence-electron chi connectivity index (χ4n) is 1.86. The van der Waals surface area contributed by atoms with Gasteiger partial charge in [0.15, 0.2) is 0 Å². The summed E-state index contributed by atoms with van der Waals surface area (Å²) < 4.78 is 0. The molecule has 0 aromatic rings. The SMILES string of the molecule is Cl[Si]1(Cl)CC([Si](Cl)(Cl)Cl)[Si](Cl)(Cl)C([Si](Cl)(Cl)Cl)C1. The van der Waals surface area contributed by atoms with Crippen LogP contribution in [0.2, 0.25) is 22.4 Å². The second-order valence-electron chi connectivity index (χ2n) is 4.13. The van der Waals surface area contributed by atoms with Gasteiger partial charge in [-0.15, -0.1) is 111 Å². The first-order chi connectivity index (χ1) is 7.68. The summed E-state index contributed by atoms with van der Waals surface area (Å²) in [6.07, 6.45) is 0. The zero-order chi connectivity index (χ0) is 14.6. The van der Waals surface area contributed by atoms with Crippen LogP contribution < -0.4 is 0 Å². The van der Waals surface area contributed by atoms with Gasteiger partial charge in [-0.2, -0.15) is 0 Å². The van der Waals surface area contributed by atoms with Crippen molar-refractivity contribution in [3.63, 3.8) is 0 Å². The Balaban J connectivity index is 3.22. The number of hydrogen-bond acceptors (Lipinski definition) is 0. The summed E-state index contributed by atoms with van der Waals surface area (Å²) in [5, 5.41) is -1.02. The van der Waals surface area contributed by atoms with Crippen molar-refractivity contribution in [2.45, 2.75) is 22.4 Å². The van der Waals surface area contributed by atoms with E-state index >= 15 is 0 Å². The smallest absolute Gasteiger partial charge is 0.146 e. The Morgan fingerprint density at radius 2 is 0.944 bits per heavy atom. The van der Waals surface area contributed by atoms with Gasteiger partial charge in [0.05, 0.1) is 0 Å². The van der Waals surface area contributed by atoms with E-state index in [9.17, 15) is 0 Å². The van der Waals surface area contributed by atoms with Crippen LogP contribution in [0.3, 0.4) is 0 Å². The Morgan fingerprint density at radius 3 is 1.17 bits per heavy atom. The first kappa shape index (κ1) is 19.8. The Bertz CT molecular complexity index is 291. The summed E-state index contributed by atoms with van der Waals surface area (Å²) >= 11 is 61.9. The molecule has 0 aromatic heterocycles. The van der Waals surface area contributed by atoms with Crippen LogP contribution >= 0.6 is 111 Å². The van der Waals surface area contributed by atoms with Crippen LogP contribution in [-0.4, -0.2) is 25.4 Å². The molecule has 2 atom stereocenters. The molecular formula is C4H6Cl10Si4. The van der Waals surface area contributed by atoms with Gasteiger partial charge in [0, 0.05) is 10.3 Å². The normalized spacial score (nSPS) is 32.3. The van der Waals surface area contributed by atoms with E-state index in [0.29, 0.717) is 12.1 Å². The molecule has 1 fully saturated rings. The lowest BCUT2D eigenvalue weighted by Crippen LogP contribution is -2.55. The maximum atomic E-state index is 6.47. The van der Waals surface area contributed by atoms with Crippen molar-refractivity contribution in [1.29, 1.82) is 0 Å². The third-order valence-corrected chi connectivity index (χ3v) is 31.2.